The lowest BCUT2D eigenvalue weighted by molar-refractivity contribution is 0.390. The van der Waals surface area contributed by atoms with Crippen LogP contribution >= 0.6 is 15.9 Å². The number of para-hydroxylation sites is 1. The molecular formula is C14H15BrN2O2. The van der Waals surface area contributed by atoms with Crippen molar-refractivity contribution in [3.63, 3.8) is 0 Å². The molecule has 0 spiro atoms. The monoisotopic (exact) mass is 322 g/mol. The molecule has 0 saturated carbocycles. The summed E-state index contributed by atoms with van der Waals surface area (Å²) in [4.78, 5) is 4.14. The Balaban J connectivity index is 1.98. The van der Waals surface area contributed by atoms with Gasteiger partial charge in [0.1, 0.15) is 5.75 Å². The lowest BCUT2D eigenvalue weighted by Crippen LogP contribution is -2.13. The van der Waals surface area contributed by atoms with Gasteiger partial charge in [0, 0.05) is 30.4 Å². The highest BCUT2D eigenvalue weighted by Crippen LogP contribution is 2.27. The fraction of sp³-hybridized carbons (Fsp3) is 0.214. The number of nitrogens with zero attached hydrogens (tertiary/aromatic N) is 1. The van der Waals surface area contributed by atoms with Crippen LogP contribution in [0.15, 0.2) is 41.0 Å². The predicted molar refractivity (Wildman–Crippen MR) is 77.1 cm³/mol. The molecule has 0 bridgehead atoms. The van der Waals surface area contributed by atoms with E-state index in [9.17, 15) is 5.11 Å². The number of rotatable bonds is 5. The Morgan fingerprint density at radius 2 is 1.95 bits per heavy atom. The van der Waals surface area contributed by atoms with Crippen LogP contribution in [0.1, 0.15) is 11.1 Å². The standard InChI is InChI=1S/C14H15BrN2O2/c1-19-14-11(5-3-7-17-14)9-16-8-10-4-2-6-12(15)13(10)18/h2-7,16,18H,8-9H2,1H3. The van der Waals surface area contributed by atoms with Crippen LogP contribution in [0.25, 0.3) is 0 Å². The summed E-state index contributed by atoms with van der Waals surface area (Å²) in [6, 6.07) is 9.41. The van der Waals surface area contributed by atoms with Gasteiger partial charge in [0.2, 0.25) is 5.88 Å². The molecule has 100 valence electrons. The molecule has 2 rings (SSSR count). The van der Waals surface area contributed by atoms with E-state index in [4.69, 9.17) is 4.74 Å². The summed E-state index contributed by atoms with van der Waals surface area (Å²) in [6.45, 7) is 1.20. The summed E-state index contributed by atoms with van der Waals surface area (Å²) < 4.78 is 5.88. The molecule has 0 unspecified atom stereocenters. The van der Waals surface area contributed by atoms with Gasteiger partial charge in [-0.15, -0.1) is 0 Å². The zero-order chi connectivity index (χ0) is 13.7. The molecule has 1 aromatic heterocycles. The number of halogens is 1. The molecular weight excluding hydrogens is 308 g/mol. The SMILES string of the molecule is COc1ncccc1CNCc1cccc(Br)c1O. The number of hydrogen-bond acceptors (Lipinski definition) is 4. The fourth-order valence-corrected chi connectivity index (χ4v) is 2.18. The zero-order valence-electron chi connectivity index (χ0n) is 10.6. The average molecular weight is 323 g/mol. The van der Waals surface area contributed by atoms with Crippen molar-refractivity contribution in [2.45, 2.75) is 13.1 Å². The number of phenols is 1. The van der Waals surface area contributed by atoms with Gasteiger partial charge in [0.25, 0.3) is 0 Å². The van der Waals surface area contributed by atoms with Crippen molar-refractivity contribution >= 4 is 15.9 Å². The van der Waals surface area contributed by atoms with E-state index < -0.39 is 0 Å². The highest BCUT2D eigenvalue weighted by Gasteiger charge is 2.06. The summed E-state index contributed by atoms with van der Waals surface area (Å²) in [5.74, 6) is 0.890. The number of pyridine rings is 1. The van der Waals surface area contributed by atoms with Gasteiger partial charge in [-0.25, -0.2) is 4.98 Å². The Bertz CT molecular complexity index is 561. The summed E-state index contributed by atoms with van der Waals surface area (Å²) in [7, 11) is 1.60. The summed E-state index contributed by atoms with van der Waals surface area (Å²) in [6.07, 6.45) is 1.70. The number of aromatic hydroxyl groups is 1. The summed E-state index contributed by atoms with van der Waals surface area (Å²) in [5.41, 5.74) is 1.83. The minimum Gasteiger partial charge on any atom is -0.506 e. The summed E-state index contributed by atoms with van der Waals surface area (Å²) in [5, 5.41) is 13.1. The number of phenolic OH excluding ortho intramolecular Hbond substituents is 1. The Morgan fingerprint density at radius 3 is 2.74 bits per heavy atom. The highest BCUT2D eigenvalue weighted by atomic mass is 79.9. The van der Waals surface area contributed by atoms with Crippen LogP contribution in [0.5, 0.6) is 11.6 Å². The first-order valence-corrected chi connectivity index (χ1v) is 6.66. The van der Waals surface area contributed by atoms with Crippen LogP contribution in [0, 0.1) is 0 Å². The smallest absolute Gasteiger partial charge is 0.217 e. The maximum absolute atomic E-state index is 9.87. The molecule has 0 amide bonds. The minimum absolute atomic E-state index is 0.271. The summed E-state index contributed by atoms with van der Waals surface area (Å²) >= 11 is 3.30. The maximum Gasteiger partial charge on any atom is 0.217 e. The molecule has 0 aliphatic rings. The van der Waals surface area contributed by atoms with Gasteiger partial charge >= 0.3 is 0 Å². The van der Waals surface area contributed by atoms with Gasteiger partial charge in [-0.2, -0.15) is 0 Å². The topological polar surface area (TPSA) is 54.4 Å². The average Bonchev–Trinajstić information content (AvgIpc) is 2.44. The van der Waals surface area contributed by atoms with E-state index in [0.29, 0.717) is 23.4 Å². The molecule has 5 heteroatoms. The van der Waals surface area contributed by atoms with Crippen LogP contribution in [0.3, 0.4) is 0 Å². The van der Waals surface area contributed by atoms with Crippen molar-refractivity contribution in [3.05, 3.63) is 52.1 Å². The second-order valence-electron chi connectivity index (χ2n) is 4.02. The van der Waals surface area contributed by atoms with Gasteiger partial charge in [0.05, 0.1) is 11.6 Å². The molecule has 0 atom stereocenters. The lowest BCUT2D eigenvalue weighted by atomic mass is 10.2. The molecule has 2 N–H and O–H groups in total. The minimum atomic E-state index is 0.271. The van der Waals surface area contributed by atoms with E-state index in [0.717, 1.165) is 11.1 Å². The molecule has 0 saturated heterocycles. The van der Waals surface area contributed by atoms with E-state index in [1.165, 1.54) is 0 Å². The lowest BCUT2D eigenvalue weighted by Gasteiger charge is -2.10. The number of hydrogen-bond donors (Lipinski definition) is 2. The van der Waals surface area contributed by atoms with Crippen molar-refractivity contribution in [2.24, 2.45) is 0 Å². The predicted octanol–water partition coefficient (Wildman–Crippen LogP) is 2.85. The second-order valence-corrected chi connectivity index (χ2v) is 4.88. The van der Waals surface area contributed by atoms with Gasteiger partial charge < -0.3 is 15.2 Å². The number of methoxy groups -OCH3 is 1. The van der Waals surface area contributed by atoms with Crippen LogP contribution in [0.4, 0.5) is 0 Å². The van der Waals surface area contributed by atoms with Gasteiger partial charge in [-0.1, -0.05) is 18.2 Å². The molecule has 4 nitrogen and oxygen atoms in total. The number of aromatic nitrogens is 1. The molecule has 0 fully saturated rings. The van der Waals surface area contributed by atoms with Crippen molar-refractivity contribution in [2.75, 3.05) is 7.11 Å². The molecule has 1 heterocycles. The molecule has 0 aliphatic heterocycles. The molecule has 0 radical (unpaired) electrons. The Hall–Kier alpha value is -1.59. The van der Waals surface area contributed by atoms with E-state index >= 15 is 0 Å². The van der Waals surface area contributed by atoms with E-state index in [-0.39, 0.29) is 5.75 Å². The Labute approximate surface area is 120 Å². The van der Waals surface area contributed by atoms with Gasteiger partial charge in [-0.05, 0) is 28.1 Å². The fourth-order valence-electron chi connectivity index (χ4n) is 1.78. The first-order valence-electron chi connectivity index (χ1n) is 5.87. The van der Waals surface area contributed by atoms with Gasteiger partial charge in [0.15, 0.2) is 0 Å². The number of nitrogens with one attached hydrogen (secondary N) is 1. The van der Waals surface area contributed by atoms with Crippen LogP contribution in [-0.4, -0.2) is 17.2 Å². The van der Waals surface area contributed by atoms with Crippen LogP contribution in [-0.2, 0) is 13.1 Å². The van der Waals surface area contributed by atoms with E-state index in [1.807, 2.05) is 30.3 Å². The maximum atomic E-state index is 9.87. The van der Waals surface area contributed by atoms with E-state index in [2.05, 4.69) is 26.2 Å². The second kappa shape index (κ2) is 6.54. The van der Waals surface area contributed by atoms with E-state index in [1.54, 1.807) is 13.3 Å². The number of benzene rings is 1. The third-order valence-corrected chi connectivity index (χ3v) is 3.38. The van der Waals surface area contributed by atoms with Crippen LogP contribution in [0.2, 0.25) is 0 Å². The zero-order valence-corrected chi connectivity index (χ0v) is 12.1. The first kappa shape index (κ1) is 13.8. The quantitative estimate of drug-likeness (QED) is 0.888. The van der Waals surface area contributed by atoms with Crippen molar-refractivity contribution in [3.8, 4) is 11.6 Å². The largest absolute Gasteiger partial charge is 0.506 e. The Morgan fingerprint density at radius 1 is 1.21 bits per heavy atom. The highest BCUT2D eigenvalue weighted by molar-refractivity contribution is 9.10. The Kier molecular flexibility index (Phi) is 4.76. The third kappa shape index (κ3) is 3.45. The first-order chi connectivity index (χ1) is 9.22. The van der Waals surface area contributed by atoms with Gasteiger partial charge in [-0.3, -0.25) is 0 Å². The molecule has 1 aromatic carbocycles. The third-order valence-electron chi connectivity index (χ3n) is 2.74. The van der Waals surface area contributed by atoms with Crippen molar-refractivity contribution in [1.29, 1.82) is 0 Å². The molecule has 19 heavy (non-hydrogen) atoms. The molecule has 2 aromatic rings. The number of ether oxygens (including phenoxy) is 1. The normalized spacial score (nSPS) is 10.4. The molecule has 0 aliphatic carbocycles. The van der Waals surface area contributed by atoms with Crippen LogP contribution < -0.4 is 10.1 Å². The van der Waals surface area contributed by atoms with Crippen molar-refractivity contribution < 1.29 is 9.84 Å². The van der Waals surface area contributed by atoms with Crippen molar-refractivity contribution in [1.82, 2.24) is 10.3 Å².